The summed E-state index contributed by atoms with van der Waals surface area (Å²) < 4.78 is 0. The van der Waals surface area contributed by atoms with Gasteiger partial charge in [-0.3, -0.25) is 14.5 Å². The van der Waals surface area contributed by atoms with Gasteiger partial charge in [0.1, 0.15) is 5.54 Å². The fraction of sp³-hybridized carbons (Fsp3) is 0.579. The van der Waals surface area contributed by atoms with Gasteiger partial charge in [-0.25, -0.2) is 0 Å². The third kappa shape index (κ3) is 2.99. The molecule has 1 atom stereocenters. The van der Waals surface area contributed by atoms with Crippen LogP contribution in [0.25, 0.3) is 0 Å². The van der Waals surface area contributed by atoms with Gasteiger partial charge in [0.25, 0.3) is 0 Å². The Morgan fingerprint density at radius 3 is 2.52 bits per heavy atom. The van der Waals surface area contributed by atoms with Gasteiger partial charge in [-0.15, -0.1) is 0 Å². The van der Waals surface area contributed by atoms with Crippen LogP contribution in [0, 0.1) is 0 Å². The van der Waals surface area contributed by atoms with Gasteiger partial charge in [0.05, 0.1) is 0 Å². The Hall–Kier alpha value is -1.84. The molecular weight excluding hydrogens is 288 g/mol. The number of rotatable bonds is 4. The minimum Gasteiger partial charge on any atom is -0.351 e. The molecule has 0 bridgehead atoms. The van der Waals surface area contributed by atoms with Crippen LogP contribution in [0.3, 0.4) is 0 Å². The topological polar surface area (TPSA) is 49.4 Å². The number of anilines is 1. The Kier molecular flexibility index (Phi) is 4.42. The predicted octanol–water partition coefficient (Wildman–Crippen LogP) is 3.19. The third-order valence-electron chi connectivity index (χ3n) is 5.35. The second-order valence-electron chi connectivity index (χ2n) is 6.98. The highest BCUT2D eigenvalue weighted by Crippen LogP contribution is 2.36. The standard InChI is InChI=1S/C19H26N2O2/c1-3-14-8-10-16(11-9-14)21-17(22)12-13-19(21,2)18(23)20-15-6-4-5-7-15/h8-11,15H,3-7,12-13H2,1-2H3,(H,20,23). The quantitative estimate of drug-likeness (QED) is 0.928. The summed E-state index contributed by atoms with van der Waals surface area (Å²) in [6.07, 6.45) is 6.46. The average molecular weight is 314 g/mol. The maximum absolute atomic E-state index is 12.9. The number of hydrogen-bond acceptors (Lipinski definition) is 2. The van der Waals surface area contributed by atoms with Crippen molar-refractivity contribution in [1.82, 2.24) is 5.32 Å². The minimum absolute atomic E-state index is 0.00480. The number of nitrogens with zero attached hydrogens (tertiary/aromatic N) is 1. The molecule has 0 spiro atoms. The van der Waals surface area contributed by atoms with E-state index in [0.29, 0.717) is 12.8 Å². The summed E-state index contributed by atoms with van der Waals surface area (Å²) in [4.78, 5) is 27.0. The predicted molar refractivity (Wildman–Crippen MR) is 91.3 cm³/mol. The van der Waals surface area contributed by atoms with E-state index in [0.717, 1.165) is 24.9 Å². The third-order valence-corrected chi connectivity index (χ3v) is 5.35. The number of hydrogen-bond donors (Lipinski definition) is 1. The highest BCUT2D eigenvalue weighted by Gasteiger charge is 2.48. The van der Waals surface area contributed by atoms with Crippen molar-refractivity contribution in [3.8, 4) is 0 Å². The van der Waals surface area contributed by atoms with E-state index >= 15 is 0 Å². The van der Waals surface area contributed by atoms with Crippen molar-refractivity contribution in [2.45, 2.75) is 70.4 Å². The van der Waals surface area contributed by atoms with Crippen molar-refractivity contribution in [2.24, 2.45) is 0 Å². The highest BCUT2D eigenvalue weighted by atomic mass is 16.2. The summed E-state index contributed by atoms with van der Waals surface area (Å²) in [7, 11) is 0. The molecule has 1 aromatic rings. The van der Waals surface area contributed by atoms with Gasteiger partial charge in [0.15, 0.2) is 0 Å². The number of carbonyl (C=O) groups is 2. The van der Waals surface area contributed by atoms with Crippen molar-refractivity contribution in [3.05, 3.63) is 29.8 Å². The molecule has 1 saturated carbocycles. The smallest absolute Gasteiger partial charge is 0.246 e. The number of aryl methyl sites for hydroxylation is 1. The molecule has 4 nitrogen and oxygen atoms in total. The molecule has 2 aliphatic rings. The average Bonchev–Trinajstić information content (AvgIpc) is 3.16. The summed E-state index contributed by atoms with van der Waals surface area (Å²) in [6.45, 7) is 4.01. The largest absolute Gasteiger partial charge is 0.351 e. The molecule has 0 aromatic heterocycles. The zero-order valence-electron chi connectivity index (χ0n) is 14.1. The second-order valence-corrected chi connectivity index (χ2v) is 6.98. The maximum Gasteiger partial charge on any atom is 0.246 e. The fourth-order valence-electron chi connectivity index (χ4n) is 3.78. The van der Waals surface area contributed by atoms with Crippen molar-refractivity contribution in [1.29, 1.82) is 0 Å². The Labute approximate surface area is 138 Å². The van der Waals surface area contributed by atoms with Gasteiger partial charge in [0.2, 0.25) is 11.8 Å². The zero-order valence-corrected chi connectivity index (χ0v) is 14.1. The first kappa shape index (κ1) is 16.0. The summed E-state index contributed by atoms with van der Waals surface area (Å²) >= 11 is 0. The molecular formula is C19H26N2O2. The number of amides is 2. The summed E-state index contributed by atoms with van der Waals surface area (Å²) in [5, 5.41) is 3.17. The lowest BCUT2D eigenvalue weighted by atomic mass is 9.96. The van der Waals surface area contributed by atoms with E-state index < -0.39 is 5.54 Å². The molecule has 1 unspecified atom stereocenters. The molecule has 3 rings (SSSR count). The number of benzene rings is 1. The zero-order chi connectivity index (χ0) is 16.4. The SMILES string of the molecule is CCc1ccc(N2C(=O)CCC2(C)C(=O)NC2CCCC2)cc1. The normalized spacial score (nSPS) is 25.1. The molecule has 0 radical (unpaired) electrons. The van der Waals surface area contributed by atoms with Crippen LogP contribution in [0.2, 0.25) is 0 Å². The Morgan fingerprint density at radius 1 is 1.26 bits per heavy atom. The minimum atomic E-state index is -0.770. The maximum atomic E-state index is 12.9. The van der Waals surface area contributed by atoms with Gasteiger partial charge in [0, 0.05) is 18.2 Å². The first-order valence-corrected chi connectivity index (χ1v) is 8.77. The molecule has 1 aromatic carbocycles. The van der Waals surface area contributed by atoms with Gasteiger partial charge < -0.3 is 5.32 Å². The van der Waals surface area contributed by atoms with E-state index in [4.69, 9.17) is 0 Å². The van der Waals surface area contributed by atoms with Crippen LogP contribution < -0.4 is 10.2 Å². The summed E-state index contributed by atoms with van der Waals surface area (Å²) in [5.74, 6) is 0.0353. The lowest BCUT2D eigenvalue weighted by Crippen LogP contribution is -2.56. The van der Waals surface area contributed by atoms with Crippen molar-refractivity contribution >= 4 is 17.5 Å². The van der Waals surface area contributed by atoms with Crippen molar-refractivity contribution < 1.29 is 9.59 Å². The van der Waals surface area contributed by atoms with E-state index in [1.807, 2.05) is 31.2 Å². The summed E-state index contributed by atoms with van der Waals surface area (Å²) in [5.41, 5.74) is 1.29. The van der Waals surface area contributed by atoms with Crippen LogP contribution in [0.5, 0.6) is 0 Å². The van der Waals surface area contributed by atoms with Gasteiger partial charge in [-0.1, -0.05) is 31.9 Å². The highest BCUT2D eigenvalue weighted by molar-refractivity contribution is 6.06. The fourth-order valence-corrected chi connectivity index (χ4v) is 3.78. The van der Waals surface area contributed by atoms with E-state index in [-0.39, 0.29) is 17.9 Å². The molecule has 124 valence electrons. The number of carbonyl (C=O) groups excluding carboxylic acids is 2. The molecule has 1 N–H and O–H groups in total. The first-order chi connectivity index (χ1) is 11.0. The monoisotopic (exact) mass is 314 g/mol. The lowest BCUT2D eigenvalue weighted by Gasteiger charge is -2.35. The van der Waals surface area contributed by atoms with Crippen LogP contribution in [-0.2, 0) is 16.0 Å². The molecule has 1 saturated heterocycles. The Bertz CT molecular complexity index is 590. The Morgan fingerprint density at radius 2 is 1.91 bits per heavy atom. The molecule has 23 heavy (non-hydrogen) atoms. The first-order valence-electron chi connectivity index (χ1n) is 8.77. The Balaban J connectivity index is 1.83. The van der Waals surface area contributed by atoms with Crippen LogP contribution in [0.1, 0.15) is 57.9 Å². The van der Waals surface area contributed by atoms with Crippen LogP contribution in [0.4, 0.5) is 5.69 Å². The van der Waals surface area contributed by atoms with Gasteiger partial charge in [-0.05, 0) is 50.3 Å². The van der Waals surface area contributed by atoms with E-state index in [9.17, 15) is 9.59 Å². The van der Waals surface area contributed by atoms with Gasteiger partial charge in [-0.2, -0.15) is 0 Å². The van der Waals surface area contributed by atoms with Crippen molar-refractivity contribution in [3.63, 3.8) is 0 Å². The molecule has 1 heterocycles. The van der Waals surface area contributed by atoms with Crippen LogP contribution >= 0.6 is 0 Å². The van der Waals surface area contributed by atoms with Gasteiger partial charge >= 0.3 is 0 Å². The van der Waals surface area contributed by atoms with Crippen molar-refractivity contribution in [2.75, 3.05) is 4.90 Å². The summed E-state index contributed by atoms with van der Waals surface area (Å²) in [6, 6.07) is 8.28. The molecule has 1 aliphatic heterocycles. The van der Waals surface area contributed by atoms with E-state index in [1.165, 1.54) is 18.4 Å². The number of nitrogens with one attached hydrogen (secondary N) is 1. The molecule has 4 heteroatoms. The second kappa shape index (κ2) is 6.34. The van der Waals surface area contributed by atoms with Crippen LogP contribution in [-0.4, -0.2) is 23.4 Å². The molecule has 1 aliphatic carbocycles. The van der Waals surface area contributed by atoms with E-state index in [1.54, 1.807) is 4.90 Å². The molecule has 2 amide bonds. The van der Waals surface area contributed by atoms with Crippen LogP contribution in [0.15, 0.2) is 24.3 Å². The van der Waals surface area contributed by atoms with E-state index in [2.05, 4.69) is 12.2 Å². The molecule has 2 fully saturated rings. The lowest BCUT2D eigenvalue weighted by molar-refractivity contribution is -0.127.